The predicted octanol–water partition coefficient (Wildman–Crippen LogP) is 2.64. The van der Waals surface area contributed by atoms with Gasteiger partial charge in [0.25, 0.3) is 0 Å². The Hall–Kier alpha value is -1.13. The van der Waals surface area contributed by atoms with E-state index >= 15 is 0 Å². The van der Waals surface area contributed by atoms with Crippen LogP contribution in [0.1, 0.15) is 12.5 Å². The Morgan fingerprint density at radius 3 is 2.50 bits per heavy atom. The summed E-state index contributed by atoms with van der Waals surface area (Å²) in [4.78, 5) is 10.8. The Bertz CT molecular complexity index is 373. The minimum Gasteiger partial charge on any atom is -0.326 e. The van der Waals surface area contributed by atoms with Crippen LogP contribution < -0.4 is 10.6 Å². The number of rotatable bonds is 5. The fourth-order valence-electron chi connectivity index (χ4n) is 1.25. The molecule has 0 atom stereocenters. The lowest BCUT2D eigenvalue weighted by Crippen LogP contribution is -2.14. The highest BCUT2D eigenvalue weighted by Gasteiger charge is 1.96. The van der Waals surface area contributed by atoms with Gasteiger partial charge in [0.2, 0.25) is 5.91 Å². The number of carbonyl (C=O) groups excluding carboxylic acids is 1. The lowest BCUT2D eigenvalue weighted by molar-refractivity contribution is -0.114. The Morgan fingerprint density at radius 2 is 2.00 bits per heavy atom. The van der Waals surface area contributed by atoms with Crippen molar-refractivity contribution in [1.82, 2.24) is 5.32 Å². The van der Waals surface area contributed by atoms with E-state index in [0.29, 0.717) is 0 Å². The van der Waals surface area contributed by atoms with Crippen molar-refractivity contribution >= 4 is 27.5 Å². The van der Waals surface area contributed by atoms with Gasteiger partial charge >= 0.3 is 0 Å². The van der Waals surface area contributed by atoms with Gasteiger partial charge in [0.05, 0.1) is 0 Å². The first-order chi connectivity index (χ1) is 7.58. The second-order valence-corrected chi connectivity index (χ2v) is 4.62. The van der Waals surface area contributed by atoms with Crippen LogP contribution in [0.4, 0.5) is 5.69 Å². The van der Waals surface area contributed by atoms with E-state index in [2.05, 4.69) is 33.1 Å². The molecule has 0 saturated carbocycles. The largest absolute Gasteiger partial charge is 0.326 e. The van der Waals surface area contributed by atoms with Gasteiger partial charge in [0, 0.05) is 30.2 Å². The molecule has 3 nitrogen and oxygen atoms in total. The van der Waals surface area contributed by atoms with Gasteiger partial charge < -0.3 is 10.6 Å². The van der Waals surface area contributed by atoms with Crippen molar-refractivity contribution in [3.8, 4) is 0 Å². The number of anilines is 1. The first kappa shape index (κ1) is 12.9. The van der Waals surface area contributed by atoms with E-state index in [9.17, 15) is 4.79 Å². The van der Waals surface area contributed by atoms with Crippen LogP contribution in [-0.2, 0) is 11.3 Å². The van der Waals surface area contributed by atoms with Crippen molar-refractivity contribution in [1.29, 1.82) is 0 Å². The molecule has 0 unspecified atom stereocenters. The molecule has 86 valence electrons. The number of hydrogen-bond acceptors (Lipinski definition) is 2. The van der Waals surface area contributed by atoms with Gasteiger partial charge in [-0.25, -0.2) is 0 Å². The molecular formula is C12H15BrN2O. The number of halogens is 1. The van der Waals surface area contributed by atoms with Gasteiger partial charge in [-0.2, -0.15) is 0 Å². The normalized spacial score (nSPS) is 9.88. The predicted molar refractivity (Wildman–Crippen MR) is 70.5 cm³/mol. The Kier molecular flexibility index (Phi) is 5.22. The van der Waals surface area contributed by atoms with Crippen molar-refractivity contribution in [3.63, 3.8) is 0 Å². The summed E-state index contributed by atoms with van der Waals surface area (Å²) in [6.07, 6.45) is 0. The van der Waals surface area contributed by atoms with Gasteiger partial charge in [0.15, 0.2) is 0 Å². The summed E-state index contributed by atoms with van der Waals surface area (Å²) < 4.78 is 0.933. The van der Waals surface area contributed by atoms with E-state index in [4.69, 9.17) is 0 Å². The maximum atomic E-state index is 10.8. The monoisotopic (exact) mass is 282 g/mol. The topological polar surface area (TPSA) is 41.1 Å². The molecule has 0 heterocycles. The molecule has 1 aromatic rings. The molecule has 0 aliphatic carbocycles. The second-order valence-electron chi connectivity index (χ2n) is 3.50. The number of benzene rings is 1. The van der Waals surface area contributed by atoms with Gasteiger partial charge in [-0.05, 0) is 17.7 Å². The number of carbonyl (C=O) groups is 1. The van der Waals surface area contributed by atoms with E-state index in [0.717, 1.165) is 23.3 Å². The second kappa shape index (κ2) is 6.45. The molecule has 0 aliphatic heterocycles. The minimum absolute atomic E-state index is 0.0542. The number of nitrogens with one attached hydrogen (secondary N) is 2. The molecule has 0 radical (unpaired) electrons. The SMILES string of the molecule is C=C(Br)CNCc1ccc(NC(C)=O)cc1. The van der Waals surface area contributed by atoms with E-state index < -0.39 is 0 Å². The lowest BCUT2D eigenvalue weighted by Gasteiger charge is -2.05. The van der Waals surface area contributed by atoms with Crippen LogP contribution in [-0.4, -0.2) is 12.5 Å². The van der Waals surface area contributed by atoms with Crippen LogP contribution in [0.25, 0.3) is 0 Å². The van der Waals surface area contributed by atoms with E-state index in [1.165, 1.54) is 12.5 Å². The fraction of sp³-hybridized carbons (Fsp3) is 0.250. The van der Waals surface area contributed by atoms with Crippen molar-refractivity contribution in [2.45, 2.75) is 13.5 Å². The molecular weight excluding hydrogens is 268 g/mol. The summed E-state index contributed by atoms with van der Waals surface area (Å²) in [5, 5.41) is 5.95. The summed E-state index contributed by atoms with van der Waals surface area (Å²) in [6, 6.07) is 7.74. The first-order valence-corrected chi connectivity index (χ1v) is 5.78. The highest BCUT2D eigenvalue weighted by atomic mass is 79.9. The maximum absolute atomic E-state index is 10.8. The molecule has 0 bridgehead atoms. The summed E-state index contributed by atoms with van der Waals surface area (Å²) in [7, 11) is 0. The molecule has 0 fully saturated rings. The van der Waals surface area contributed by atoms with Gasteiger partial charge in [0.1, 0.15) is 0 Å². The zero-order chi connectivity index (χ0) is 12.0. The van der Waals surface area contributed by atoms with Crippen LogP contribution >= 0.6 is 15.9 Å². The van der Waals surface area contributed by atoms with Crippen molar-refractivity contribution in [3.05, 3.63) is 40.9 Å². The Balaban J connectivity index is 2.45. The molecule has 1 amide bonds. The smallest absolute Gasteiger partial charge is 0.221 e. The molecule has 1 rings (SSSR count). The van der Waals surface area contributed by atoms with Crippen molar-refractivity contribution in [2.24, 2.45) is 0 Å². The molecule has 2 N–H and O–H groups in total. The highest BCUT2D eigenvalue weighted by Crippen LogP contribution is 2.09. The van der Waals surface area contributed by atoms with E-state index in [-0.39, 0.29) is 5.91 Å². The molecule has 16 heavy (non-hydrogen) atoms. The third-order valence-electron chi connectivity index (χ3n) is 1.92. The van der Waals surface area contributed by atoms with E-state index in [1.54, 1.807) is 0 Å². The van der Waals surface area contributed by atoms with Crippen LogP contribution in [0.3, 0.4) is 0 Å². The Labute approximate surface area is 104 Å². The van der Waals surface area contributed by atoms with Crippen molar-refractivity contribution in [2.75, 3.05) is 11.9 Å². The minimum atomic E-state index is -0.0542. The summed E-state index contributed by atoms with van der Waals surface area (Å²) >= 11 is 3.28. The molecule has 4 heteroatoms. The molecule has 0 spiro atoms. The molecule has 1 aromatic carbocycles. The standard InChI is InChI=1S/C12H15BrN2O/c1-9(13)7-14-8-11-3-5-12(6-4-11)15-10(2)16/h3-6,14H,1,7-8H2,2H3,(H,15,16). The fourth-order valence-corrected chi connectivity index (χ4v) is 1.45. The van der Waals surface area contributed by atoms with Crippen molar-refractivity contribution < 1.29 is 4.79 Å². The molecule has 0 aromatic heterocycles. The molecule has 0 aliphatic rings. The first-order valence-electron chi connectivity index (χ1n) is 4.98. The van der Waals surface area contributed by atoms with Gasteiger partial charge in [-0.15, -0.1) is 0 Å². The maximum Gasteiger partial charge on any atom is 0.221 e. The average Bonchev–Trinajstić information content (AvgIpc) is 2.19. The quantitative estimate of drug-likeness (QED) is 0.872. The average molecular weight is 283 g/mol. The number of amides is 1. The van der Waals surface area contributed by atoms with Gasteiger partial charge in [-0.3, -0.25) is 4.79 Å². The summed E-state index contributed by atoms with van der Waals surface area (Å²) in [5.74, 6) is -0.0542. The summed E-state index contributed by atoms with van der Waals surface area (Å²) in [6.45, 7) is 6.76. The highest BCUT2D eigenvalue weighted by molar-refractivity contribution is 9.11. The summed E-state index contributed by atoms with van der Waals surface area (Å²) in [5.41, 5.74) is 1.99. The van der Waals surface area contributed by atoms with Crippen LogP contribution in [0.15, 0.2) is 35.3 Å². The third kappa shape index (κ3) is 5.09. The Morgan fingerprint density at radius 1 is 1.38 bits per heavy atom. The number of hydrogen-bond donors (Lipinski definition) is 2. The zero-order valence-corrected chi connectivity index (χ0v) is 10.8. The van der Waals surface area contributed by atoms with Crippen LogP contribution in [0.5, 0.6) is 0 Å². The van der Waals surface area contributed by atoms with Gasteiger partial charge in [-0.1, -0.05) is 34.6 Å². The van der Waals surface area contributed by atoms with Crippen LogP contribution in [0.2, 0.25) is 0 Å². The third-order valence-corrected chi connectivity index (χ3v) is 2.20. The van der Waals surface area contributed by atoms with Crippen LogP contribution in [0, 0.1) is 0 Å². The lowest BCUT2D eigenvalue weighted by atomic mass is 10.2. The zero-order valence-electron chi connectivity index (χ0n) is 9.22. The molecule has 0 saturated heterocycles. The van der Waals surface area contributed by atoms with E-state index in [1.807, 2.05) is 24.3 Å².